The molecule has 3 heterocycles. The summed E-state index contributed by atoms with van der Waals surface area (Å²) in [6.07, 6.45) is 0.992. The summed E-state index contributed by atoms with van der Waals surface area (Å²) in [5.41, 5.74) is 7.29. The Kier molecular flexibility index (Phi) is 4.73. The van der Waals surface area contributed by atoms with E-state index in [0.717, 1.165) is 11.1 Å². The third-order valence-electron chi connectivity index (χ3n) is 6.93. The van der Waals surface area contributed by atoms with Crippen molar-refractivity contribution in [3.8, 4) is 0 Å². The highest BCUT2D eigenvalue weighted by Gasteiger charge is 2.70. The highest BCUT2D eigenvalue weighted by molar-refractivity contribution is 6.15. The fourth-order valence-electron chi connectivity index (χ4n) is 5.44. The number of amides is 4. The smallest absolute Gasteiger partial charge is 0.250 e. The van der Waals surface area contributed by atoms with Crippen molar-refractivity contribution >= 4 is 29.3 Å². The van der Waals surface area contributed by atoms with Crippen LogP contribution in [-0.2, 0) is 24.7 Å². The van der Waals surface area contributed by atoms with Crippen molar-refractivity contribution < 1.29 is 19.2 Å². The largest absolute Gasteiger partial charge is 0.370 e. The zero-order valence-corrected chi connectivity index (χ0v) is 17.7. The summed E-state index contributed by atoms with van der Waals surface area (Å²) >= 11 is 0. The number of primary amides is 1. The van der Waals surface area contributed by atoms with Crippen molar-refractivity contribution in [2.45, 2.75) is 64.6 Å². The van der Waals surface area contributed by atoms with Crippen LogP contribution in [0.4, 0.5) is 5.69 Å². The molecular formula is C22H28N4O4. The topological polar surface area (TPSA) is 122 Å². The van der Waals surface area contributed by atoms with E-state index in [0.29, 0.717) is 24.1 Å². The van der Waals surface area contributed by atoms with Gasteiger partial charge in [-0.1, -0.05) is 24.6 Å². The zero-order chi connectivity index (χ0) is 22.0. The van der Waals surface area contributed by atoms with Gasteiger partial charge in [0.15, 0.2) is 0 Å². The van der Waals surface area contributed by atoms with Crippen molar-refractivity contribution in [2.24, 2.45) is 17.6 Å². The Morgan fingerprint density at radius 3 is 2.57 bits per heavy atom. The summed E-state index contributed by atoms with van der Waals surface area (Å²) in [7, 11) is 0. The predicted molar refractivity (Wildman–Crippen MR) is 110 cm³/mol. The maximum Gasteiger partial charge on any atom is 0.250 e. The van der Waals surface area contributed by atoms with E-state index >= 15 is 0 Å². The number of likely N-dealkylation sites (tertiary alicyclic amines) is 1. The maximum atomic E-state index is 13.6. The van der Waals surface area contributed by atoms with Gasteiger partial charge in [-0.05, 0) is 39.2 Å². The van der Waals surface area contributed by atoms with E-state index in [1.165, 1.54) is 4.90 Å². The molecule has 160 valence electrons. The number of anilines is 1. The van der Waals surface area contributed by atoms with Crippen LogP contribution in [0.3, 0.4) is 0 Å². The number of nitrogens with one attached hydrogen (secondary N) is 2. The molecule has 30 heavy (non-hydrogen) atoms. The van der Waals surface area contributed by atoms with Crippen molar-refractivity contribution in [1.29, 1.82) is 0 Å². The third-order valence-corrected chi connectivity index (χ3v) is 6.93. The number of nitrogens with two attached hydrogens (primary N) is 1. The normalized spacial score (nSPS) is 30.6. The van der Waals surface area contributed by atoms with Gasteiger partial charge in [0.2, 0.25) is 23.6 Å². The van der Waals surface area contributed by atoms with Crippen molar-refractivity contribution in [2.75, 3.05) is 5.32 Å². The van der Waals surface area contributed by atoms with Gasteiger partial charge in [0, 0.05) is 29.8 Å². The second kappa shape index (κ2) is 6.91. The van der Waals surface area contributed by atoms with Crippen LogP contribution in [0, 0.1) is 25.7 Å². The molecule has 5 atom stereocenters. The number of rotatable bonds is 5. The number of fused-ring (bicyclic) bond motifs is 4. The number of carbonyl (C=O) groups is 4. The second-order valence-corrected chi connectivity index (χ2v) is 8.83. The molecule has 0 radical (unpaired) electrons. The minimum Gasteiger partial charge on any atom is -0.370 e. The van der Waals surface area contributed by atoms with Crippen LogP contribution in [0.25, 0.3) is 0 Å². The van der Waals surface area contributed by atoms with E-state index < -0.39 is 29.3 Å². The average Bonchev–Trinajstić information content (AvgIpc) is 3.25. The van der Waals surface area contributed by atoms with Crippen LogP contribution in [0.5, 0.6) is 0 Å². The quantitative estimate of drug-likeness (QED) is 0.625. The van der Waals surface area contributed by atoms with E-state index in [9.17, 15) is 19.2 Å². The molecule has 2 fully saturated rings. The summed E-state index contributed by atoms with van der Waals surface area (Å²) in [4.78, 5) is 53.1. The summed E-state index contributed by atoms with van der Waals surface area (Å²) < 4.78 is 0. The van der Waals surface area contributed by atoms with Crippen LogP contribution in [0.1, 0.15) is 49.8 Å². The lowest BCUT2D eigenvalue weighted by atomic mass is 9.75. The molecule has 8 nitrogen and oxygen atoms in total. The summed E-state index contributed by atoms with van der Waals surface area (Å²) in [6, 6.07) is 3.13. The molecule has 8 heteroatoms. The lowest BCUT2D eigenvalue weighted by Gasteiger charge is -2.31. The first kappa shape index (κ1) is 20.5. The Balaban J connectivity index is 1.88. The number of imide groups is 1. The molecule has 0 aromatic heterocycles. The number of hydrogen-bond acceptors (Lipinski definition) is 5. The Morgan fingerprint density at radius 2 is 1.93 bits per heavy atom. The van der Waals surface area contributed by atoms with Gasteiger partial charge in [0.1, 0.15) is 5.54 Å². The Labute approximate surface area is 175 Å². The van der Waals surface area contributed by atoms with Gasteiger partial charge in [0.25, 0.3) is 0 Å². The van der Waals surface area contributed by atoms with Gasteiger partial charge in [-0.25, -0.2) is 0 Å². The van der Waals surface area contributed by atoms with E-state index in [2.05, 4.69) is 10.6 Å². The standard InChI is InChI=1S/C22H28N4O4/c1-5-12(4)26-19(28)16-14(6-7-15(23)27)25-22(17(16)20(26)29)13-9-10(2)8-11(3)18(13)24-21(22)30/h8-9,12,14,16-17,25H,5-7H2,1-4H3,(H2,23,27)(H,24,30). The van der Waals surface area contributed by atoms with Crippen LogP contribution >= 0.6 is 0 Å². The lowest BCUT2D eigenvalue weighted by molar-refractivity contribution is -0.145. The number of nitrogens with zero attached hydrogens (tertiary/aromatic N) is 1. The van der Waals surface area contributed by atoms with Gasteiger partial charge in [0.05, 0.1) is 11.8 Å². The monoisotopic (exact) mass is 412 g/mol. The third kappa shape index (κ3) is 2.62. The van der Waals surface area contributed by atoms with E-state index in [-0.39, 0.29) is 30.2 Å². The molecule has 4 rings (SSSR count). The minimum absolute atomic E-state index is 0.0725. The van der Waals surface area contributed by atoms with Crippen LogP contribution in [-0.4, -0.2) is 40.6 Å². The van der Waals surface area contributed by atoms with Crippen molar-refractivity contribution in [3.05, 3.63) is 28.8 Å². The van der Waals surface area contributed by atoms with E-state index in [1.54, 1.807) is 0 Å². The fourth-order valence-corrected chi connectivity index (χ4v) is 5.44. The first-order valence-corrected chi connectivity index (χ1v) is 10.5. The van der Waals surface area contributed by atoms with Gasteiger partial charge >= 0.3 is 0 Å². The van der Waals surface area contributed by atoms with Crippen molar-refractivity contribution in [1.82, 2.24) is 10.2 Å². The summed E-state index contributed by atoms with van der Waals surface area (Å²) in [5.74, 6) is -2.95. The molecule has 3 aliphatic heterocycles. The van der Waals surface area contributed by atoms with Gasteiger partial charge in [-0.15, -0.1) is 0 Å². The molecular weight excluding hydrogens is 384 g/mol. The molecule has 0 bridgehead atoms. The minimum atomic E-state index is -1.33. The molecule has 4 N–H and O–H groups in total. The first-order chi connectivity index (χ1) is 14.1. The SMILES string of the molecule is CCC(C)N1C(=O)C2C(CCC(N)=O)NC3(C(=O)Nc4c(C)cc(C)cc43)C2C1=O. The van der Waals surface area contributed by atoms with Crippen LogP contribution < -0.4 is 16.4 Å². The highest BCUT2D eigenvalue weighted by Crippen LogP contribution is 2.54. The molecule has 1 aromatic carbocycles. The summed E-state index contributed by atoms with van der Waals surface area (Å²) in [6.45, 7) is 7.61. The number of hydrogen-bond donors (Lipinski definition) is 3. The molecule has 3 aliphatic rings. The van der Waals surface area contributed by atoms with E-state index in [1.807, 2.05) is 39.8 Å². The number of benzene rings is 1. The Hall–Kier alpha value is -2.74. The molecule has 1 aromatic rings. The first-order valence-electron chi connectivity index (χ1n) is 10.5. The van der Waals surface area contributed by atoms with Gasteiger partial charge in [-0.2, -0.15) is 0 Å². The molecule has 1 spiro atoms. The number of aryl methyl sites for hydroxylation is 2. The zero-order valence-electron chi connectivity index (χ0n) is 17.7. The molecule has 5 unspecified atom stereocenters. The predicted octanol–water partition coefficient (Wildman–Crippen LogP) is 1.09. The molecule has 0 aliphatic carbocycles. The molecule has 2 saturated heterocycles. The van der Waals surface area contributed by atoms with Gasteiger partial charge < -0.3 is 11.1 Å². The summed E-state index contributed by atoms with van der Waals surface area (Å²) in [5, 5.41) is 6.28. The average molecular weight is 412 g/mol. The lowest BCUT2D eigenvalue weighted by Crippen LogP contribution is -2.54. The van der Waals surface area contributed by atoms with Crippen LogP contribution in [0.2, 0.25) is 0 Å². The van der Waals surface area contributed by atoms with Gasteiger partial charge in [-0.3, -0.25) is 29.4 Å². The molecule has 0 saturated carbocycles. The Bertz CT molecular complexity index is 974. The maximum absolute atomic E-state index is 13.6. The Morgan fingerprint density at radius 1 is 1.23 bits per heavy atom. The second-order valence-electron chi connectivity index (χ2n) is 8.83. The highest BCUT2D eigenvalue weighted by atomic mass is 16.2. The molecule has 4 amide bonds. The number of carbonyl (C=O) groups excluding carboxylic acids is 4. The van der Waals surface area contributed by atoms with E-state index in [4.69, 9.17) is 5.73 Å². The fraction of sp³-hybridized carbons (Fsp3) is 0.545. The van der Waals surface area contributed by atoms with Crippen LogP contribution in [0.15, 0.2) is 12.1 Å². The van der Waals surface area contributed by atoms with Crippen molar-refractivity contribution in [3.63, 3.8) is 0 Å².